The average molecular weight is 454 g/mol. The molecular formula is C20H21F3N4O5. The fourth-order valence-corrected chi connectivity index (χ4v) is 3.16. The van der Waals surface area contributed by atoms with Crippen molar-refractivity contribution in [2.75, 3.05) is 23.8 Å². The van der Waals surface area contributed by atoms with Gasteiger partial charge in [-0.15, -0.1) is 0 Å². The molecule has 0 saturated carbocycles. The van der Waals surface area contributed by atoms with Crippen molar-refractivity contribution in [1.29, 1.82) is 0 Å². The van der Waals surface area contributed by atoms with Crippen LogP contribution in [0.5, 0.6) is 0 Å². The molecule has 0 spiro atoms. The van der Waals surface area contributed by atoms with E-state index in [0.29, 0.717) is 15.9 Å². The normalized spacial score (nSPS) is 17.7. The summed E-state index contributed by atoms with van der Waals surface area (Å²) in [5, 5.41) is 9.03. The quantitative estimate of drug-likeness (QED) is 0.645. The number of nitrogens with zero attached hydrogens (tertiary/aromatic N) is 2. The largest absolute Gasteiger partial charge is 0.462 e. The van der Waals surface area contributed by atoms with Crippen LogP contribution in [-0.4, -0.2) is 53.1 Å². The first-order valence-corrected chi connectivity index (χ1v) is 9.75. The maximum atomic E-state index is 13.3. The lowest BCUT2D eigenvalue weighted by atomic mass is 10.1. The molecule has 12 heteroatoms. The van der Waals surface area contributed by atoms with Crippen LogP contribution in [0.1, 0.15) is 47.2 Å². The number of fused-ring (bicyclic) bond motifs is 1. The van der Waals surface area contributed by atoms with Crippen LogP contribution in [0, 0.1) is 0 Å². The Morgan fingerprint density at radius 2 is 1.88 bits per heavy atom. The Morgan fingerprint density at radius 1 is 1.19 bits per heavy atom. The van der Waals surface area contributed by atoms with E-state index < -0.39 is 42.7 Å². The molecule has 2 heterocycles. The van der Waals surface area contributed by atoms with E-state index in [4.69, 9.17) is 9.47 Å². The van der Waals surface area contributed by atoms with Crippen molar-refractivity contribution >= 4 is 29.4 Å². The first-order chi connectivity index (χ1) is 15.1. The van der Waals surface area contributed by atoms with Crippen LogP contribution in [0.2, 0.25) is 0 Å². The molecule has 2 atom stereocenters. The number of carbonyl (C=O) groups is 3. The fourth-order valence-electron chi connectivity index (χ4n) is 3.16. The van der Waals surface area contributed by atoms with E-state index in [2.05, 4.69) is 15.7 Å². The molecule has 0 aliphatic carbocycles. The van der Waals surface area contributed by atoms with Gasteiger partial charge in [-0.1, -0.05) is 0 Å². The van der Waals surface area contributed by atoms with Crippen LogP contribution in [0.15, 0.2) is 30.3 Å². The van der Waals surface area contributed by atoms with Crippen molar-refractivity contribution in [2.45, 2.75) is 38.5 Å². The third kappa shape index (κ3) is 5.37. The molecule has 172 valence electrons. The van der Waals surface area contributed by atoms with Gasteiger partial charge in [-0.05, 0) is 44.5 Å². The van der Waals surface area contributed by atoms with Crippen LogP contribution < -0.4 is 10.6 Å². The summed E-state index contributed by atoms with van der Waals surface area (Å²) < 4.78 is 50.3. The van der Waals surface area contributed by atoms with Gasteiger partial charge in [0.1, 0.15) is 5.82 Å². The molecular weight excluding hydrogens is 433 g/mol. The SMILES string of the molecule is CCOC(=O)c1ccc(NC(=O)COC(=O)c2cc3n(n2)[C@@H](C(F)(F)F)C[C@@H](C)N3)cc1. The highest BCUT2D eigenvalue weighted by Crippen LogP contribution is 2.39. The molecule has 0 radical (unpaired) electrons. The first-order valence-electron chi connectivity index (χ1n) is 9.75. The molecule has 2 aromatic rings. The molecule has 1 aromatic carbocycles. The predicted molar refractivity (Wildman–Crippen MR) is 106 cm³/mol. The second-order valence-corrected chi connectivity index (χ2v) is 7.12. The van der Waals surface area contributed by atoms with Crippen molar-refractivity contribution in [3.8, 4) is 0 Å². The van der Waals surface area contributed by atoms with E-state index in [-0.39, 0.29) is 24.5 Å². The zero-order chi connectivity index (χ0) is 23.5. The highest BCUT2D eigenvalue weighted by molar-refractivity contribution is 5.96. The summed E-state index contributed by atoms with van der Waals surface area (Å²) in [5.41, 5.74) is 0.310. The topological polar surface area (TPSA) is 112 Å². The van der Waals surface area contributed by atoms with E-state index >= 15 is 0 Å². The average Bonchev–Trinajstić information content (AvgIpc) is 3.15. The van der Waals surface area contributed by atoms with Gasteiger partial charge in [0, 0.05) is 17.8 Å². The predicted octanol–water partition coefficient (Wildman–Crippen LogP) is 3.16. The third-order valence-corrected chi connectivity index (χ3v) is 4.60. The highest BCUT2D eigenvalue weighted by Gasteiger charge is 2.45. The van der Waals surface area contributed by atoms with Crippen LogP contribution in [0.4, 0.5) is 24.7 Å². The van der Waals surface area contributed by atoms with E-state index in [1.165, 1.54) is 24.3 Å². The first kappa shape index (κ1) is 23.1. The maximum Gasteiger partial charge on any atom is 0.410 e. The third-order valence-electron chi connectivity index (χ3n) is 4.60. The number of aromatic nitrogens is 2. The van der Waals surface area contributed by atoms with E-state index in [9.17, 15) is 27.6 Å². The molecule has 0 unspecified atom stereocenters. The van der Waals surface area contributed by atoms with Gasteiger partial charge in [0.05, 0.1) is 12.2 Å². The number of hydrogen-bond acceptors (Lipinski definition) is 7. The Hall–Kier alpha value is -3.57. The number of esters is 2. The van der Waals surface area contributed by atoms with Crippen molar-refractivity contribution < 1.29 is 37.0 Å². The summed E-state index contributed by atoms with van der Waals surface area (Å²) in [4.78, 5) is 35.8. The number of halogens is 3. The summed E-state index contributed by atoms with van der Waals surface area (Å²) in [6.07, 6.45) is -4.76. The van der Waals surface area contributed by atoms with Gasteiger partial charge < -0.3 is 20.1 Å². The molecule has 0 fully saturated rings. The molecule has 1 aromatic heterocycles. The van der Waals surface area contributed by atoms with Gasteiger partial charge in [0.25, 0.3) is 5.91 Å². The monoisotopic (exact) mass is 454 g/mol. The lowest BCUT2D eigenvalue weighted by molar-refractivity contribution is -0.173. The number of carbonyl (C=O) groups excluding carboxylic acids is 3. The van der Waals surface area contributed by atoms with Crippen LogP contribution in [0.25, 0.3) is 0 Å². The molecule has 1 aliphatic heterocycles. The number of rotatable bonds is 6. The van der Waals surface area contributed by atoms with E-state index in [0.717, 1.165) is 6.07 Å². The maximum absolute atomic E-state index is 13.3. The van der Waals surface area contributed by atoms with Crippen molar-refractivity contribution in [3.63, 3.8) is 0 Å². The molecule has 32 heavy (non-hydrogen) atoms. The second-order valence-electron chi connectivity index (χ2n) is 7.12. The zero-order valence-corrected chi connectivity index (χ0v) is 17.2. The van der Waals surface area contributed by atoms with Gasteiger partial charge in [0.15, 0.2) is 18.3 Å². The summed E-state index contributed by atoms with van der Waals surface area (Å²) in [5.74, 6) is -2.16. The minimum absolute atomic E-state index is 0.0455. The van der Waals surface area contributed by atoms with Crippen molar-refractivity contribution in [2.24, 2.45) is 0 Å². The summed E-state index contributed by atoms with van der Waals surface area (Å²) in [6.45, 7) is 2.83. The smallest absolute Gasteiger partial charge is 0.410 e. The van der Waals surface area contributed by atoms with Crippen LogP contribution in [0.3, 0.4) is 0 Å². The van der Waals surface area contributed by atoms with Crippen molar-refractivity contribution in [3.05, 3.63) is 41.6 Å². The molecule has 0 bridgehead atoms. The number of benzene rings is 1. The Kier molecular flexibility index (Phi) is 6.70. The summed E-state index contributed by atoms with van der Waals surface area (Å²) >= 11 is 0. The Bertz CT molecular complexity index is 1000. The van der Waals surface area contributed by atoms with Gasteiger partial charge in [-0.25, -0.2) is 14.3 Å². The second kappa shape index (κ2) is 9.28. The van der Waals surface area contributed by atoms with Gasteiger partial charge >= 0.3 is 18.1 Å². The lowest BCUT2D eigenvalue weighted by Crippen LogP contribution is -2.37. The summed E-state index contributed by atoms with van der Waals surface area (Å²) in [7, 11) is 0. The Morgan fingerprint density at radius 3 is 2.50 bits per heavy atom. The number of hydrogen-bond donors (Lipinski definition) is 2. The standard InChI is InChI=1S/C20H21F3N4O5/c1-3-31-18(29)12-4-6-13(7-5-12)25-17(28)10-32-19(30)14-9-16-24-11(2)8-15(20(21,22)23)27(16)26-14/h4-7,9,11,15,24H,3,8,10H2,1-2H3,(H,25,28)/t11-,15-/m1/s1. The molecule has 0 saturated heterocycles. The molecule has 3 rings (SSSR count). The molecule has 1 aliphatic rings. The number of alkyl halides is 3. The number of ether oxygens (including phenoxy) is 2. The minimum atomic E-state index is -4.53. The number of anilines is 2. The van der Waals surface area contributed by atoms with Crippen LogP contribution >= 0.6 is 0 Å². The molecule has 9 nitrogen and oxygen atoms in total. The Labute approximate surface area is 180 Å². The van der Waals surface area contributed by atoms with E-state index in [1.807, 2.05) is 0 Å². The summed E-state index contributed by atoms with van der Waals surface area (Å²) in [6, 6.07) is 4.69. The number of nitrogens with one attached hydrogen (secondary N) is 2. The molecule has 1 amide bonds. The van der Waals surface area contributed by atoms with Crippen LogP contribution in [-0.2, 0) is 14.3 Å². The highest BCUT2D eigenvalue weighted by atomic mass is 19.4. The van der Waals surface area contributed by atoms with Gasteiger partial charge in [-0.2, -0.15) is 18.3 Å². The zero-order valence-electron chi connectivity index (χ0n) is 17.2. The Balaban J connectivity index is 1.58. The number of amides is 1. The minimum Gasteiger partial charge on any atom is -0.462 e. The van der Waals surface area contributed by atoms with Crippen molar-refractivity contribution in [1.82, 2.24) is 9.78 Å². The van der Waals surface area contributed by atoms with E-state index in [1.54, 1.807) is 13.8 Å². The molecule has 2 N–H and O–H groups in total. The lowest BCUT2D eigenvalue weighted by Gasteiger charge is -2.31. The fraction of sp³-hybridized carbons (Fsp3) is 0.400. The van der Waals surface area contributed by atoms with Gasteiger partial charge in [0.2, 0.25) is 0 Å². The van der Waals surface area contributed by atoms with Gasteiger partial charge in [-0.3, -0.25) is 4.79 Å².